The Morgan fingerprint density at radius 1 is 0.967 bits per heavy atom. The van der Waals surface area contributed by atoms with E-state index in [0.29, 0.717) is 37.8 Å². The number of pyridine rings is 1. The minimum Gasteiger partial charge on any atom is -0.493 e. The van der Waals surface area contributed by atoms with Gasteiger partial charge >= 0.3 is 0 Å². The highest BCUT2D eigenvalue weighted by Crippen LogP contribution is 2.33. The van der Waals surface area contributed by atoms with Gasteiger partial charge in [-0.3, -0.25) is 9.69 Å². The molecular weight excluding hydrogens is 406 g/mol. The molecule has 30 heavy (non-hydrogen) atoms. The van der Waals surface area contributed by atoms with Gasteiger partial charge in [-0.05, 0) is 48.6 Å². The molecule has 1 aromatic heterocycles. The van der Waals surface area contributed by atoms with Gasteiger partial charge in [0.25, 0.3) is 5.56 Å². The number of nitrogens with zero attached hydrogens (tertiary/aromatic N) is 3. The topological polar surface area (TPSA) is 81.1 Å². The molecule has 9 heteroatoms. The fourth-order valence-corrected chi connectivity index (χ4v) is 5.67. The summed E-state index contributed by atoms with van der Waals surface area (Å²) >= 11 is 0. The van der Waals surface area contributed by atoms with Gasteiger partial charge in [-0.1, -0.05) is 0 Å². The molecule has 4 rings (SSSR count). The van der Waals surface area contributed by atoms with E-state index in [2.05, 4.69) is 4.90 Å². The van der Waals surface area contributed by atoms with Crippen LogP contribution in [0.2, 0.25) is 0 Å². The lowest BCUT2D eigenvalue weighted by Gasteiger charge is -2.30. The maximum atomic E-state index is 12.9. The lowest BCUT2D eigenvalue weighted by atomic mass is 9.99. The minimum atomic E-state index is -3.56. The zero-order chi connectivity index (χ0) is 21.3. The van der Waals surface area contributed by atoms with Crippen LogP contribution in [0.1, 0.15) is 24.0 Å². The maximum Gasteiger partial charge on any atom is 0.251 e. The molecule has 0 spiro atoms. The van der Waals surface area contributed by atoms with Crippen molar-refractivity contribution < 1.29 is 17.9 Å². The highest BCUT2D eigenvalue weighted by Gasteiger charge is 2.28. The second kappa shape index (κ2) is 8.41. The second-order valence-corrected chi connectivity index (χ2v) is 9.64. The lowest BCUT2D eigenvalue weighted by Crippen LogP contribution is -2.36. The first-order valence-electron chi connectivity index (χ1n) is 10.1. The van der Waals surface area contributed by atoms with Gasteiger partial charge in [-0.15, -0.1) is 0 Å². The van der Waals surface area contributed by atoms with Crippen LogP contribution in [0.4, 0.5) is 0 Å². The fourth-order valence-electron chi connectivity index (χ4n) is 4.13. The van der Waals surface area contributed by atoms with E-state index in [9.17, 15) is 13.2 Å². The molecule has 3 heterocycles. The molecule has 0 amide bonds. The normalized spacial score (nSPS) is 17.7. The van der Waals surface area contributed by atoms with E-state index in [1.54, 1.807) is 14.2 Å². The largest absolute Gasteiger partial charge is 0.493 e. The fraction of sp³-hybridized carbons (Fsp3) is 0.476. The highest BCUT2D eigenvalue weighted by atomic mass is 32.2. The molecule has 8 nitrogen and oxygen atoms in total. The monoisotopic (exact) mass is 433 g/mol. The van der Waals surface area contributed by atoms with Crippen molar-refractivity contribution in [3.05, 3.63) is 51.9 Å². The Morgan fingerprint density at radius 2 is 1.63 bits per heavy atom. The quantitative estimate of drug-likeness (QED) is 0.689. The van der Waals surface area contributed by atoms with Crippen LogP contribution < -0.4 is 15.0 Å². The molecule has 2 aliphatic rings. The molecule has 1 aromatic carbocycles. The molecule has 2 aliphatic heterocycles. The molecule has 0 saturated carbocycles. The van der Waals surface area contributed by atoms with Crippen molar-refractivity contribution in [2.24, 2.45) is 0 Å². The van der Waals surface area contributed by atoms with E-state index in [1.165, 1.54) is 32.8 Å². The summed E-state index contributed by atoms with van der Waals surface area (Å²) in [7, 11) is -0.332. The zero-order valence-corrected chi connectivity index (χ0v) is 18.2. The Kier molecular flexibility index (Phi) is 5.86. The zero-order valence-electron chi connectivity index (χ0n) is 17.3. The Bertz CT molecular complexity index is 1090. The first kappa shape index (κ1) is 20.9. The van der Waals surface area contributed by atoms with E-state index in [-0.39, 0.29) is 10.5 Å². The van der Waals surface area contributed by atoms with E-state index in [0.717, 1.165) is 31.4 Å². The SMILES string of the molecule is COc1cc2c(cc1OC)CN(Cn1cc(S(=O)(=O)N3CCCC3)ccc1=O)CC2. The molecule has 162 valence electrons. The second-order valence-electron chi connectivity index (χ2n) is 7.70. The summed E-state index contributed by atoms with van der Waals surface area (Å²) < 4.78 is 39.5. The first-order chi connectivity index (χ1) is 14.4. The Labute approximate surface area is 176 Å². The molecule has 0 atom stereocenters. The van der Waals surface area contributed by atoms with Crippen LogP contribution in [0.5, 0.6) is 11.5 Å². The summed E-state index contributed by atoms with van der Waals surface area (Å²) in [5, 5.41) is 0. The van der Waals surface area contributed by atoms with Gasteiger partial charge in [-0.25, -0.2) is 8.42 Å². The highest BCUT2D eigenvalue weighted by molar-refractivity contribution is 7.89. The van der Waals surface area contributed by atoms with Crippen molar-refractivity contribution in [2.75, 3.05) is 33.9 Å². The van der Waals surface area contributed by atoms with Gasteiger partial charge in [-0.2, -0.15) is 4.31 Å². The van der Waals surface area contributed by atoms with E-state index < -0.39 is 10.0 Å². The van der Waals surface area contributed by atoms with Gasteiger partial charge in [0.05, 0.1) is 25.8 Å². The van der Waals surface area contributed by atoms with Crippen molar-refractivity contribution in [1.29, 1.82) is 0 Å². The maximum absolute atomic E-state index is 12.9. The molecule has 0 bridgehead atoms. The van der Waals surface area contributed by atoms with Crippen LogP contribution in [0.3, 0.4) is 0 Å². The Morgan fingerprint density at radius 3 is 2.30 bits per heavy atom. The number of hydrogen-bond acceptors (Lipinski definition) is 6. The number of hydrogen-bond donors (Lipinski definition) is 0. The number of methoxy groups -OCH3 is 2. The molecular formula is C21H27N3O5S. The number of fused-ring (bicyclic) bond motifs is 1. The van der Waals surface area contributed by atoms with Crippen molar-refractivity contribution in [3.63, 3.8) is 0 Å². The van der Waals surface area contributed by atoms with Crippen LogP contribution in [-0.4, -0.2) is 56.0 Å². The molecule has 0 N–H and O–H groups in total. The number of benzene rings is 1. The average molecular weight is 434 g/mol. The average Bonchev–Trinajstić information content (AvgIpc) is 3.30. The summed E-state index contributed by atoms with van der Waals surface area (Å²) in [6.07, 6.45) is 4.04. The van der Waals surface area contributed by atoms with Crippen molar-refractivity contribution in [1.82, 2.24) is 13.8 Å². The Hall–Kier alpha value is -2.36. The van der Waals surface area contributed by atoms with Gasteiger partial charge in [0.1, 0.15) is 0 Å². The summed E-state index contributed by atoms with van der Waals surface area (Å²) in [4.78, 5) is 14.7. The van der Waals surface area contributed by atoms with Crippen LogP contribution in [-0.2, 0) is 29.7 Å². The molecule has 2 aromatic rings. The van der Waals surface area contributed by atoms with E-state index in [1.807, 2.05) is 12.1 Å². The first-order valence-corrected chi connectivity index (χ1v) is 11.5. The summed E-state index contributed by atoms with van der Waals surface area (Å²) in [6, 6.07) is 6.72. The minimum absolute atomic E-state index is 0.174. The predicted octanol–water partition coefficient (Wildman–Crippen LogP) is 1.67. The molecule has 0 unspecified atom stereocenters. The standard InChI is InChI=1S/C21H27N3O5S/c1-28-19-11-16-7-10-22(13-17(16)12-20(19)29-2)15-23-14-18(5-6-21(23)25)30(26,27)24-8-3-4-9-24/h5-6,11-12,14H,3-4,7-10,13,15H2,1-2H3. The van der Waals surface area contributed by atoms with Crippen molar-refractivity contribution in [3.8, 4) is 11.5 Å². The molecule has 1 fully saturated rings. The van der Waals surface area contributed by atoms with E-state index in [4.69, 9.17) is 9.47 Å². The smallest absolute Gasteiger partial charge is 0.251 e. The molecule has 1 saturated heterocycles. The van der Waals surface area contributed by atoms with E-state index >= 15 is 0 Å². The summed E-state index contributed by atoms with van der Waals surface area (Å²) in [6.45, 7) is 2.81. The predicted molar refractivity (Wildman–Crippen MR) is 112 cm³/mol. The van der Waals surface area contributed by atoms with Gasteiger partial charge in [0, 0.05) is 38.4 Å². The van der Waals surface area contributed by atoms with Gasteiger partial charge in [0.15, 0.2) is 11.5 Å². The van der Waals surface area contributed by atoms with Crippen LogP contribution in [0, 0.1) is 0 Å². The summed E-state index contributed by atoms with van der Waals surface area (Å²) in [5.74, 6) is 1.38. The van der Waals surface area contributed by atoms with Gasteiger partial charge < -0.3 is 14.0 Å². The number of ether oxygens (including phenoxy) is 2. The third kappa shape index (κ3) is 3.97. The Balaban J connectivity index is 1.56. The third-order valence-electron chi connectivity index (χ3n) is 5.81. The van der Waals surface area contributed by atoms with Gasteiger partial charge in [0.2, 0.25) is 10.0 Å². The van der Waals surface area contributed by atoms with Crippen molar-refractivity contribution in [2.45, 2.75) is 37.4 Å². The molecule has 0 radical (unpaired) electrons. The van der Waals surface area contributed by atoms with Crippen LogP contribution in [0.15, 0.2) is 40.2 Å². The number of rotatable bonds is 6. The van der Waals surface area contributed by atoms with Crippen LogP contribution in [0.25, 0.3) is 0 Å². The third-order valence-corrected chi connectivity index (χ3v) is 7.69. The number of aromatic nitrogens is 1. The van der Waals surface area contributed by atoms with Crippen LogP contribution >= 0.6 is 0 Å². The van der Waals surface area contributed by atoms with Crippen molar-refractivity contribution >= 4 is 10.0 Å². The lowest BCUT2D eigenvalue weighted by molar-refractivity contribution is 0.195. The molecule has 0 aliphatic carbocycles. The summed E-state index contributed by atoms with van der Waals surface area (Å²) in [5.41, 5.74) is 2.10. The number of sulfonamides is 1.